The van der Waals surface area contributed by atoms with Gasteiger partial charge in [-0.05, 0) is 6.08 Å². The molecule has 0 saturated carbocycles. The van der Waals surface area contributed by atoms with Crippen molar-refractivity contribution in [3.8, 4) is 0 Å². The fourth-order valence-corrected chi connectivity index (χ4v) is 3.06. The van der Waals surface area contributed by atoms with Gasteiger partial charge < -0.3 is 10.1 Å². The minimum atomic E-state index is -0.883. The summed E-state index contributed by atoms with van der Waals surface area (Å²) in [6, 6.07) is 0.0207. The van der Waals surface area contributed by atoms with Crippen molar-refractivity contribution < 1.29 is 9.90 Å². The topological polar surface area (TPSA) is 65.1 Å². The van der Waals surface area contributed by atoms with Crippen molar-refractivity contribution in [1.29, 1.82) is 0 Å². The zero-order valence-corrected chi connectivity index (χ0v) is 9.17. The second kappa shape index (κ2) is 3.54. The lowest BCUT2D eigenvalue weighted by molar-refractivity contribution is 0.0695. The van der Waals surface area contributed by atoms with Crippen molar-refractivity contribution >= 4 is 23.8 Å². The molecule has 1 aliphatic heterocycles. The van der Waals surface area contributed by atoms with Crippen LogP contribution in [0.2, 0.25) is 0 Å². The average molecular weight is 234 g/mol. The first-order chi connectivity index (χ1) is 7.77. The molecule has 0 radical (unpaired) electrons. The first-order valence-corrected chi connectivity index (χ1v) is 5.95. The van der Waals surface area contributed by atoms with Crippen LogP contribution in [-0.2, 0) is 0 Å². The number of fused-ring (bicyclic) bond motifs is 3. The van der Waals surface area contributed by atoms with E-state index in [1.165, 1.54) is 4.91 Å². The molecule has 4 nitrogen and oxygen atoms in total. The number of nitrogens with one attached hydrogen (secondary N) is 2. The van der Waals surface area contributed by atoms with E-state index in [9.17, 15) is 4.79 Å². The fourth-order valence-electron chi connectivity index (χ4n) is 2.10. The van der Waals surface area contributed by atoms with Gasteiger partial charge in [-0.1, -0.05) is 12.2 Å². The van der Waals surface area contributed by atoms with E-state index in [0.717, 1.165) is 17.1 Å². The number of hydrogen-bond acceptors (Lipinski definition) is 3. The van der Waals surface area contributed by atoms with Crippen molar-refractivity contribution in [3.05, 3.63) is 40.1 Å². The van der Waals surface area contributed by atoms with Crippen LogP contribution in [0.5, 0.6) is 0 Å². The van der Waals surface area contributed by atoms with E-state index in [2.05, 4.69) is 10.3 Å². The van der Waals surface area contributed by atoms with Gasteiger partial charge in [-0.15, -0.1) is 11.8 Å². The Hall–Kier alpha value is -1.46. The number of rotatable bonds is 1. The maximum absolute atomic E-state index is 11.1. The second-order valence-electron chi connectivity index (χ2n) is 3.69. The van der Waals surface area contributed by atoms with Crippen LogP contribution in [0.15, 0.2) is 23.3 Å². The fraction of sp³-hybridized carbons (Fsp3) is 0.182. The molecule has 2 heterocycles. The Morgan fingerprint density at radius 1 is 1.56 bits per heavy atom. The first-order valence-electron chi connectivity index (χ1n) is 4.96. The molecule has 16 heavy (non-hydrogen) atoms. The molecule has 1 aromatic rings. The summed E-state index contributed by atoms with van der Waals surface area (Å²) in [6.45, 7) is 0. The van der Waals surface area contributed by atoms with E-state index < -0.39 is 5.97 Å². The van der Waals surface area contributed by atoms with E-state index in [4.69, 9.17) is 5.11 Å². The summed E-state index contributed by atoms with van der Waals surface area (Å²) in [5, 5.41) is 12.5. The third-order valence-electron chi connectivity index (χ3n) is 2.81. The smallest absolute Gasteiger partial charge is 0.337 e. The van der Waals surface area contributed by atoms with Crippen LogP contribution >= 0.6 is 11.8 Å². The Morgan fingerprint density at radius 3 is 3.25 bits per heavy atom. The summed E-state index contributed by atoms with van der Waals surface area (Å²) in [5.41, 5.74) is 2.08. The second-order valence-corrected chi connectivity index (χ2v) is 4.74. The van der Waals surface area contributed by atoms with Crippen LogP contribution in [0.1, 0.15) is 27.7 Å². The van der Waals surface area contributed by atoms with E-state index in [1.54, 1.807) is 18.0 Å². The Labute approximate surface area is 96.4 Å². The normalized spacial score (nSPS) is 22.2. The standard InChI is InChI=1S/C11H10N2O2S/c14-11(15)6-4-12-7-2-1-3-8-10(9(6)7)13-5-16-8/h1-4,10,12-13H,5H2,(H,14,15). The maximum atomic E-state index is 11.1. The first kappa shape index (κ1) is 9.74. The van der Waals surface area contributed by atoms with Crippen LogP contribution in [0.3, 0.4) is 0 Å². The molecular weight excluding hydrogens is 224 g/mol. The predicted octanol–water partition coefficient (Wildman–Crippen LogP) is 1.96. The number of carbonyl (C=O) groups is 1. The molecule has 1 saturated heterocycles. The molecule has 0 spiro atoms. The summed E-state index contributed by atoms with van der Waals surface area (Å²) in [4.78, 5) is 15.3. The number of H-pyrrole nitrogens is 1. The van der Waals surface area contributed by atoms with Gasteiger partial charge in [0.15, 0.2) is 0 Å². The SMILES string of the molecule is O=C(O)c1c[nH]c2c1C1NCSC1=CC=C2. The molecule has 1 aliphatic carbocycles. The highest BCUT2D eigenvalue weighted by Gasteiger charge is 2.30. The molecule has 3 N–H and O–H groups in total. The number of thioether (sulfide) groups is 1. The summed E-state index contributed by atoms with van der Waals surface area (Å²) < 4.78 is 0. The lowest BCUT2D eigenvalue weighted by atomic mass is 10.0. The van der Waals surface area contributed by atoms with Crippen LogP contribution in [0.25, 0.3) is 6.08 Å². The van der Waals surface area contributed by atoms with Crippen LogP contribution in [-0.4, -0.2) is 21.9 Å². The summed E-state index contributed by atoms with van der Waals surface area (Å²) in [7, 11) is 0. The third-order valence-corrected chi connectivity index (χ3v) is 3.82. The number of allylic oxidation sites excluding steroid dienone is 2. The molecule has 1 aromatic heterocycles. The van der Waals surface area contributed by atoms with Gasteiger partial charge in [0, 0.05) is 28.2 Å². The quantitative estimate of drug-likeness (QED) is 0.695. The Balaban J connectivity index is 2.19. The van der Waals surface area contributed by atoms with E-state index in [1.807, 2.05) is 18.2 Å². The lowest BCUT2D eigenvalue weighted by Crippen LogP contribution is -2.16. The highest BCUT2D eigenvalue weighted by atomic mass is 32.2. The van der Waals surface area contributed by atoms with E-state index in [0.29, 0.717) is 5.56 Å². The summed E-state index contributed by atoms with van der Waals surface area (Å²) in [6.07, 6.45) is 7.46. The van der Waals surface area contributed by atoms with Gasteiger partial charge in [-0.2, -0.15) is 0 Å². The van der Waals surface area contributed by atoms with Crippen LogP contribution in [0.4, 0.5) is 0 Å². The van der Waals surface area contributed by atoms with E-state index in [-0.39, 0.29) is 6.04 Å². The minimum absolute atomic E-state index is 0.0207. The van der Waals surface area contributed by atoms with Gasteiger partial charge in [-0.25, -0.2) is 4.79 Å². The zero-order valence-electron chi connectivity index (χ0n) is 8.36. The monoisotopic (exact) mass is 234 g/mol. The molecule has 3 rings (SSSR count). The average Bonchev–Trinajstić information content (AvgIpc) is 2.82. The van der Waals surface area contributed by atoms with Crippen molar-refractivity contribution in [2.75, 3.05) is 5.88 Å². The third kappa shape index (κ3) is 1.32. The molecule has 1 fully saturated rings. The van der Waals surface area contributed by atoms with Crippen molar-refractivity contribution in [3.63, 3.8) is 0 Å². The molecule has 82 valence electrons. The highest BCUT2D eigenvalue weighted by Crippen LogP contribution is 2.40. The number of aromatic carboxylic acids is 1. The van der Waals surface area contributed by atoms with Crippen LogP contribution in [0, 0.1) is 0 Å². The number of carboxylic acid groups (broad SMARTS) is 1. The van der Waals surface area contributed by atoms with Gasteiger partial charge in [0.25, 0.3) is 0 Å². The molecular formula is C11H10N2O2S. The maximum Gasteiger partial charge on any atom is 0.337 e. The molecule has 0 amide bonds. The minimum Gasteiger partial charge on any atom is -0.478 e. The van der Waals surface area contributed by atoms with Crippen molar-refractivity contribution in [2.24, 2.45) is 0 Å². The number of hydrogen-bond donors (Lipinski definition) is 3. The van der Waals surface area contributed by atoms with Crippen molar-refractivity contribution in [2.45, 2.75) is 6.04 Å². The lowest BCUT2D eigenvalue weighted by Gasteiger charge is -2.11. The predicted molar refractivity (Wildman–Crippen MR) is 63.2 cm³/mol. The molecule has 0 bridgehead atoms. The van der Waals surface area contributed by atoms with Gasteiger partial charge >= 0.3 is 5.97 Å². The van der Waals surface area contributed by atoms with Gasteiger partial charge in [-0.3, -0.25) is 5.32 Å². The van der Waals surface area contributed by atoms with Gasteiger partial charge in [0.05, 0.1) is 11.6 Å². The van der Waals surface area contributed by atoms with Crippen LogP contribution < -0.4 is 5.32 Å². The molecule has 0 aromatic carbocycles. The number of aromatic nitrogens is 1. The summed E-state index contributed by atoms with van der Waals surface area (Å²) in [5.74, 6) is -0.0561. The zero-order chi connectivity index (χ0) is 11.1. The summed E-state index contributed by atoms with van der Waals surface area (Å²) >= 11 is 1.72. The van der Waals surface area contributed by atoms with Gasteiger partial charge in [0.2, 0.25) is 0 Å². The molecule has 2 aliphatic rings. The molecule has 1 atom stereocenters. The number of aromatic amines is 1. The van der Waals surface area contributed by atoms with E-state index >= 15 is 0 Å². The molecule has 5 heteroatoms. The van der Waals surface area contributed by atoms with Gasteiger partial charge in [0.1, 0.15) is 0 Å². The Kier molecular flexibility index (Phi) is 2.15. The molecule has 1 unspecified atom stereocenters. The Morgan fingerprint density at radius 2 is 2.44 bits per heavy atom. The number of carboxylic acids is 1. The van der Waals surface area contributed by atoms with Crippen molar-refractivity contribution in [1.82, 2.24) is 10.3 Å². The highest BCUT2D eigenvalue weighted by molar-refractivity contribution is 8.03. The largest absolute Gasteiger partial charge is 0.478 e. The Bertz CT molecular complexity index is 516.